The van der Waals surface area contributed by atoms with E-state index in [-0.39, 0.29) is 10.9 Å². The van der Waals surface area contributed by atoms with Crippen molar-refractivity contribution in [3.8, 4) is 16.9 Å². The third-order valence-electron chi connectivity index (χ3n) is 6.94. The molecule has 0 unspecified atom stereocenters. The summed E-state index contributed by atoms with van der Waals surface area (Å²) in [5.41, 5.74) is 1.16. The van der Waals surface area contributed by atoms with Crippen LogP contribution in [0.5, 0.6) is 5.75 Å². The number of fused-ring (bicyclic) bond motifs is 1. The van der Waals surface area contributed by atoms with Gasteiger partial charge in [0, 0.05) is 10.9 Å². The fourth-order valence-corrected chi connectivity index (χ4v) is 4.79. The number of ether oxygens (including phenoxy) is 1. The van der Waals surface area contributed by atoms with Gasteiger partial charge in [-0.3, -0.25) is 0 Å². The van der Waals surface area contributed by atoms with Gasteiger partial charge in [0.2, 0.25) is 0 Å². The molecular weight excluding hydrogens is 457 g/mol. The Hall–Kier alpha value is -2.49. The second-order valence-electron chi connectivity index (χ2n) is 9.84. The summed E-state index contributed by atoms with van der Waals surface area (Å²) in [5.74, 6) is -1.73. The maximum absolute atomic E-state index is 15.3. The van der Waals surface area contributed by atoms with Crippen LogP contribution >= 0.6 is 0 Å². The SMILES string of the molecule is CCCCCCCCOc1ccc(-c2c(F)c(F)cc3c(F)c(CCCCCCCC)ccc23)cc1. The van der Waals surface area contributed by atoms with Gasteiger partial charge in [-0.05, 0) is 54.0 Å². The number of benzene rings is 3. The summed E-state index contributed by atoms with van der Waals surface area (Å²) in [6.45, 7) is 5.02. The van der Waals surface area contributed by atoms with E-state index < -0.39 is 17.5 Å². The average Bonchev–Trinajstić information content (AvgIpc) is 2.88. The molecule has 0 saturated carbocycles. The van der Waals surface area contributed by atoms with Crippen molar-refractivity contribution in [2.75, 3.05) is 6.61 Å². The van der Waals surface area contributed by atoms with Crippen molar-refractivity contribution >= 4 is 10.8 Å². The van der Waals surface area contributed by atoms with Gasteiger partial charge in [-0.2, -0.15) is 0 Å². The minimum absolute atomic E-state index is 0.0949. The molecule has 1 nitrogen and oxygen atoms in total. The molecule has 36 heavy (non-hydrogen) atoms. The van der Waals surface area contributed by atoms with Crippen LogP contribution < -0.4 is 4.74 Å². The predicted octanol–water partition coefficient (Wildman–Crippen LogP) is 10.6. The zero-order valence-corrected chi connectivity index (χ0v) is 22.0. The van der Waals surface area contributed by atoms with Crippen molar-refractivity contribution in [2.24, 2.45) is 0 Å². The topological polar surface area (TPSA) is 9.23 Å². The van der Waals surface area contributed by atoms with Gasteiger partial charge in [0.15, 0.2) is 11.6 Å². The van der Waals surface area contributed by atoms with Crippen LogP contribution in [0.15, 0.2) is 42.5 Å². The summed E-state index contributed by atoms with van der Waals surface area (Å²) >= 11 is 0. The lowest BCUT2D eigenvalue weighted by Gasteiger charge is -2.13. The molecule has 0 aliphatic carbocycles. The summed E-state index contributed by atoms with van der Waals surface area (Å²) < 4.78 is 50.7. The lowest BCUT2D eigenvalue weighted by molar-refractivity contribution is 0.304. The summed E-state index contributed by atoms with van der Waals surface area (Å²) in [4.78, 5) is 0. The van der Waals surface area contributed by atoms with E-state index in [1.54, 1.807) is 36.4 Å². The van der Waals surface area contributed by atoms with Gasteiger partial charge in [-0.1, -0.05) is 102 Å². The fourth-order valence-electron chi connectivity index (χ4n) is 4.79. The minimum Gasteiger partial charge on any atom is -0.494 e. The van der Waals surface area contributed by atoms with Crippen LogP contribution in [0.1, 0.15) is 96.5 Å². The molecule has 0 spiro atoms. The van der Waals surface area contributed by atoms with Gasteiger partial charge in [0.05, 0.1) is 6.61 Å². The Labute approximate surface area is 215 Å². The number of hydrogen-bond acceptors (Lipinski definition) is 1. The number of aryl methyl sites for hydroxylation is 1. The molecule has 0 fully saturated rings. The van der Waals surface area contributed by atoms with Crippen molar-refractivity contribution in [1.82, 2.24) is 0 Å². The molecule has 3 aromatic rings. The van der Waals surface area contributed by atoms with Crippen molar-refractivity contribution in [3.05, 3.63) is 65.5 Å². The smallest absolute Gasteiger partial charge is 0.167 e. The van der Waals surface area contributed by atoms with Gasteiger partial charge < -0.3 is 4.74 Å². The molecule has 0 aliphatic heterocycles. The van der Waals surface area contributed by atoms with Crippen LogP contribution in [0.25, 0.3) is 21.9 Å². The monoisotopic (exact) mass is 498 g/mol. The molecular formula is C32H41F3O. The molecule has 196 valence electrons. The molecule has 0 aliphatic rings. The summed E-state index contributed by atoms with van der Waals surface area (Å²) in [6.07, 6.45) is 14.4. The molecule has 0 bridgehead atoms. The van der Waals surface area contributed by atoms with E-state index in [0.717, 1.165) is 38.2 Å². The Morgan fingerprint density at radius 1 is 0.611 bits per heavy atom. The third-order valence-corrected chi connectivity index (χ3v) is 6.94. The number of rotatable bonds is 16. The third kappa shape index (κ3) is 7.75. The summed E-state index contributed by atoms with van der Waals surface area (Å²) in [5, 5.41) is 0.523. The van der Waals surface area contributed by atoms with Gasteiger partial charge in [-0.25, -0.2) is 13.2 Å². The average molecular weight is 499 g/mol. The highest BCUT2D eigenvalue weighted by atomic mass is 19.2. The molecule has 0 amide bonds. The Morgan fingerprint density at radius 3 is 1.89 bits per heavy atom. The zero-order valence-electron chi connectivity index (χ0n) is 22.0. The summed E-state index contributed by atoms with van der Waals surface area (Å²) in [6, 6.07) is 11.4. The molecule has 0 heterocycles. The highest BCUT2D eigenvalue weighted by Gasteiger charge is 2.19. The standard InChI is InChI=1S/C32H41F3O/c1-3-5-7-9-11-13-15-25-18-21-27-28(31(25)34)23-29(33)32(35)30(27)24-16-19-26(20-17-24)36-22-14-12-10-8-6-4-2/h16-21,23H,3-15,22H2,1-2H3. The second kappa shape index (κ2) is 14.9. The molecule has 4 heteroatoms. The Bertz CT molecular complexity index is 1080. The molecule has 0 atom stereocenters. The predicted molar refractivity (Wildman–Crippen MR) is 145 cm³/mol. The molecule has 0 radical (unpaired) electrons. The largest absolute Gasteiger partial charge is 0.494 e. The van der Waals surface area contributed by atoms with E-state index in [1.165, 1.54) is 44.9 Å². The van der Waals surface area contributed by atoms with Crippen molar-refractivity contribution in [2.45, 2.75) is 97.3 Å². The molecule has 0 saturated heterocycles. The van der Waals surface area contributed by atoms with Crippen LogP contribution in [0, 0.1) is 17.5 Å². The Morgan fingerprint density at radius 2 is 1.22 bits per heavy atom. The molecule has 0 aromatic heterocycles. The number of halogens is 3. The maximum Gasteiger partial charge on any atom is 0.167 e. The van der Waals surface area contributed by atoms with E-state index in [2.05, 4.69) is 13.8 Å². The normalized spacial score (nSPS) is 11.4. The quantitative estimate of drug-likeness (QED) is 0.178. The second-order valence-corrected chi connectivity index (χ2v) is 9.84. The van der Waals surface area contributed by atoms with Gasteiger partial charge in [0.1, 0.15) is 11.6 Å². The van der Waals surface area contributed by atoms with E-state index in [4.69, 9.17) is 4.74 Å². The lowest BCUT2D eigenvalue weighted by atomic mass is 9.94. The lowest BCUT2D eigenvalue weighted by Crippen LogP contribution is -1.99. The first-order chi connectivity index (χ1) is 17.6. The van der Waals surface area contributed by atoms with Crippen LogP contribution in [0.3, 0.4) is 0 Å². The first-order valence-corrected chi connectivity index (χ1v) is 13.9. The van der Waals surface area contributed by atoms with E-state index in [9.17, 15) is 8.78 Å². The zero-order chi connectivity index (χ0) is 25.8. The fraction of sp³-hybridized carbons (Fsp3) is 0.500. The van der Waals surface area contributed by atoms with Crippen molar-refractivity contribution in [1.29, 1.82) is 0 Å². The van der Waals surface area contributed by atoms with Gasteiger partial charge >= 0.3 is 0 Å². The van der Waals surface area contributed by atoms with Crippen LogP contribution in [0.2, 0.25) is 0 Å². The van der Waals surface area contributed by atoms with Crippen LogP contribution in [-0.4, -0.2) is 6.61 Å². The highest BCUT2D eigenvalue weighted by Crippen LogP contribution is 2.36. The number of unbranched alkanes of at least 4 members (excludes halogenated alkanes) is 10. The maximum atomic E-state index is 15.3. The first-order valence-electron chi connectivity index (χ1n) is 13.9. The van der Waals surface area contributed by atoms with Gasteiger partial charge in [0.25, 0.3) is 0 Å². The number of hydrogen-bond donors (Lipinski definition) is 0. The summed E-state index contributed by atoms with van der Waals surface area (Å²) in [7, 11) is 0. The van der Waals surface area contributed by atoms with E-state index >= 15 is 4.39 Å². The molecule has 0 N–H and O–H groups in total. The Balaban J connectivity index is 1.70. The van der Waals surface area contributed by atoms with Gasteiger partial charge in [-0.15, -0.1) is 0 Å². The van der Waals surface area contributed by atoms with Crippen LogP contribution in [0.4, 0.5) is 13.2 Å². The van der Waals surface area contributed by atoms with Crippen molar-refractivity contribution < 1.29 is 17.9 Å². The van der Waals surface area contributed by atoms with Crippen LogP contribution in [-0.2, 0) is 6.42 Å². The Kier molecular flexibility index (Phi) is 11.6. The van der Waals surface area contributed by atoms with Crippen molar-refractivity contribution in [3.63, 3.8) is 0 Å². The van der Waals surface area contributed by atoms with E-state index in [0.29, 0.717) is 35.3 Å². The minimum atomic E-state index is -1.03. The molecule has 3 rings (SSSR count). The molecule has 3 aromatic carbocycles. The first kappa shape index (κ1) is 28.1. The van der Waals surface area contributed by atoms with E-state index in [1.807, 2.05) is 0 Å². The highest BCUT2D eigenvalue weighted by molar-refractivity contribution is 5.97.